The molecule has 5 heteroatoms. The molecule has 2 N–H and O–H groups in total. The second-order valence-electron chi connectivity index (χ2n) is 3.96. The molecule has 0 fully saturated rings. The van der Waals surface area contributed by atoms with Crippen molar-refractivity contribution in [2.45, 2.75) is 26.4 Å². The van der Waals surface area contributed by atoms with E-state index >= 15 is 0 Å². The van der Waals surface area contributed by atoms with Crippen LogP contribution in [0.15, 0.2) is 24.4 Å². The maximum atomic E-state index is 13.8. The van der Waals surface area contributed by atoms with Crippen LogP contribution < -0.4 is 5.73 Å². The molecule has 4 nitrogen and oxygen atoms in total. The van der Waals surface area contributed by atoms with Gasteiger partial charge in [0, 0.05) is 18.2 Å². The molecule has 2 aromatic rings. The Bertz CT molecular complexity index is 519. The van der Waals surface area contributed by atoms with Gasteiger partial charge in [0.15, 0.2) is 0 Å². The first-order valence-corrected chi connectivity index (χ1v) is 5.57. The summed E-state index contributed by atoms with van der Waals surface area (Å²) in [5, 5.41) is 7.70. The summed E-state index contributed by atoms with van der Waals surface area (Å²) in [5.74, 6) is -0.286. The smallest absolute Gasteiger partial charge is 0.132 e. The minimum atomic E-state index is -0.286. The van der Waals surface area contributed by atoms with Gasteiger partial charge in [0.1, 0.15) is 5.82 Å². The van der Waals surface area contributed by atoms with Crippen molar-refractivity contribution in [1.29, 1.82) is 0 Å². The summed E-state index contributed by atoms with van der Waals surface area (Å²) in [6.45, 7) is 4.45. The van der Waals surface area contributed by atoms with E-state index in [1.165, 1.54) is 6.07 Å². The molecule has 0 aliphatic rings. The fourth-order valence-electron chi connectivity index (χ4n) is 1.72. The maximum Gasteiger partial charge on any atom is 0.132 e. The summed E-state index contributed by atoms with van der Waals surface area (Å²) in [7, 11) is 0. The molecule has 17 heavy (non-hydrogen) atoms. The highest BCUT2D eigenvalue weighted by atomic mass is 19.1. The summed E-state index contributed by atoms with van der Waals surface area (Å²) < 4.78 is 15.5. The molecule has 2 rings (SSSR count). The van der Waals surface area contributed by atoms with Gasteiger partial charge in [-0.3, -0.25) is 0 Å². The lowest BCUT2D eigenvalue weighted by atomic mass is 10.0. The minimum Gasteiger partial charge on any atom is -0.324 e. The number of hydrogen-bond acceptors (Lipinski definition) is 3. The van der Waals surface area contributed by atoms with E-state index in [4.69, 9.17) is 5.73 Å². The Labute approximate surface area is 99.2 Å². The number of nitrogens with two attached hydrogens (primary N) is 1. The maximum absolute atomic E-state index is 13.8. The topological polar surface area (TPSA) is 56.7 Å². The van der Waals surface area contributed by atoms with Gasteiger partial charge in [0.2, 0.25) is 0 Å². The molecular weight excluding hydrogens is 219 g/mol. The molecule has 0 radical (unpaired) electrons. The van der Waals surface area contributed by atoms with Crippen molar-refractivity contribution in [3.8, 4) is 11.3 Å². The number of benzene rings is 1. The lowest BCUT2D eigenvalue weighted by molar-refractivity contribution is 0.612. The van der Waals surface area contributed by atoms with E-state index in [2.05, 4.69) is 10.3 Å². The van der Waals surface area contributed by atoms with Crippen LogP contribution in [0.2, 0.25) is 0 Å². The van der Waals surface area contributed by atoms with Crippen molar-refractivity contribution in [2.75, 3.05) is 0 Å². The van der Waals surface area contributed by atoms with Gasteiger partial charge in [-0.25, -0.2) is 9.07 Å². The van der Waals surface area contributed by atoms with E-state index in [0.29, 0.717) is 17.8 Å². The molecule has 90 valence electrons. The highest BCUT2D eigenvalue weighted by Crippen LogP contribution is 2.25. The van der Waals surface area contributed by atoms with Crippen molar-refractivity contribution < 1.29 is 4.39 Å². The van der Waals surface area contributed by atoms with Crippen LogP contribution in [0.4, 0.5) is 4.39 Å². The molecule has 0 bridgehead atoms. The van der Waals surface area contributed by atoms with Crippen LogP contribution in [0.3, 0.4) is 0 Å². The molecule has 1 heterocycles. The second-order valence-corrected chi connectivity index (χ2v) is 3.96. The van der Waals surface area contributed by atoms with Gasteiger partial charge in [-0.15, -0.1) is 5.10 Å². The summed E-state index contributed by atoms with van der Waals surface area (Å²) in [6, 6.07) is 4.76. The number of nitrogens with zero attached hydrogens (tertiary/aromatic N) is 3. The third-order valence-corrected chi connectivity index (χ3v) is 2.71. The first kappa shape index (κ1) is 11.7. The van der Waals surface area contributed by atoms with Crippen molar-refractivity contribution in [3.63, 3.8) is 0 Å². The molecule has 0 aliphatic carbocycles. The number of aryl methyl sites for hydroxylation is 1. The van der Waals surface area contributed by atoms with Crippen LogP contribution in [0.5, 0.6) is 0 Å². The molecule has 0 aliphatic heterocycles. The lowest BCUT2D eigenvalue weighted by Crippen LogP contribution is -2.06. The fourth-order valence-corrected chi connectivity index (χ4v) is 1.72. The molecule has 1 aromatic heterocycles. The summed E-state index contributed by atoms with van der Waals surface area (Å²) in [4.78, 5) is 0. The quantitative estimate of drug-likeness (QED) is 0.885. The zero-order valence-corrected chi connectivity index (χ0v) is 9.89. The fraction of sp³-hybridized carbons (Fsp3) is 0.333. The largest absolute Gasteiger partial charge is 0.324 e. The Morgan fingerprint density at radius 3 is 2.88 bits per heavy atom. The first-order chi connectivity index (χ1) is 8.13. The lowest BCUT2D eigenvalue weighted by Gasteiger charge is -2.10. The van der Waals surface area contributed by atoms with Gasteiger partial charge in [-0.2, -0.15) is 0 Å². The summed E-state index contributed by atoms with van der Waals surface area (Å²) in [5.41, 5.74) is 7.86. The van der Waals surface area contributed by atoms with Crippen molar-refractivity contribution in [2.24, 2.45) is 5.73 Å². The molecule has 0 spiro atoms. The molecule has 1 unspecified atom stereocenters. The van der Waals surface area contributed by atoms with Crippen LogP contribution in [-0.4, -0.2) is 15.0 Å². The van der Waals surface area contributed by atoms with E-state index in [0.717, 1.165) is 5.56 Å². The van der Waals surface area contributed by atoms with E-state index < -0.39 is 0 Å². The van der Waals surface area contributed by atoms with Crippen LogP contribution in [0.1, 0.15) is 25.5 Å². The van der Waals surface area contributed by atoms with Gasteiger partial charge in [0.05, 0.1) is 11.9 Å². The van der Waals surface area contributed by atoms with Gasteiger partial charge in [-0.05, 0) is 31.5 Å². The zero-order chi connectivity index (χ0) is 12.4. The van der Waals surface area contributed by atoms with E-state index in [9.17, 15) is 4.39 Å². The average molecular weight is 234 g/mol. The van der Waals surface area contributed by atoms with Crippen molar-refractivity contribution in [3.05, 3.63) is 35.8 Å². The van der Waals surface area contributed by atoms with Gasteiger partial charge in [0.25, 0.3) is 0 Å². The molecule has 1 atom stereocenters. The van der Waals surface area contributed by atoms with E-state index in [1.807, 2.05) is 13.8 Å². The van der Waals surface area contributed by atoms with E-state index in [-0.39, 0.29) is 11.9 Å². The highest BCUT2D eigenvalue weighted by Gasteiger charge is 2.12. The monoisotopic (exact) mass is 234 g/mol. The Kier molecular flexibility index (Phi) is 3.19. The van der Waals surface area contributed by atoms with Gasteiger partial charge >= 0.3 is 0 Å². The number of aromatic nitrogens is 3. The molecule has 0 saturated carbocycles. The summed E-state index contributed by atoms with van der Waals surface area (Å²) >= 11 is 0. The number of halogens is 1. The SMILES string of the molecule is CCn1nncc1-c1cc(C(C)N)ccc1F. The van der Waals surface area contributed by atoms with Crippen LogP contribution >= 0.6 is 0 Å². The Morgan fingerprint density at radius 1 is 1.47 bits per heavy atom. The predicted molar refractivity (Wildman–Crippen MR) is 63.7 cm³/mol. The summed E-state index contributed by atoms with van der Waals surface area (Å²) in [6.07, 6.45) is 1.56. The minimum absolute atomic E-state index is 0.125. The van der Waals surface area contributed by atoms with Crippen molar-refractivity contribution >= 4 is 0 Å². The third-order valence-electron chi connectivity index (χ3n) is 2.71. The van der Waals surface area contributed by atoms with Gasteiger partial charge in [-0.1, -0.05) is 11.3 Å². The average Bonchev–Trinajstić information content (AvgIpc) is 2.77. The Balaban J connectivity index is 2.54. The normalized spacial score (nSPS) is 12.7. The molecule has 0 saturated heterocycles. The first-order valence-electron chi connectivity index (χ1n) is 5.57. The predicted octanol–water partition coefficient (Wildman–Crippen LogP) is 2.12. The van der Waals surface area contributed by atoms with E-state index in [1.54, 1.807) is 23.0 Å². The van der Waals surface area contributed by atoms with Crippen molar-refractivity contribution in [1.82, 2.24) is 15.0 Å². The standard InChI is InChI=1S/C12H15FN4/c1-3-17-12(7-15-16-17)10-6-9(8(2)14)4-5-11(10)13/h4-8H,3,14H2,1-2H3. The van der Waals surface area contributed by atoms with Gasteiger partial charge < -0.3 is 5.73 Å². The van der Waals surface area contributed by atoms with Crippen LogP contribution in [0.25, 0.3) is 11.3 Å². The number of rotatable bonds is 3. The highest BCUT2D eigenvalue weighted by molar-refractivity contribution is 5.60. The number of hydrogen-bond donors (Lipinski definition) is 1. The molecule has 1 aromatic carbocycles. The third kappa shape index (κ3) is 2.19. The van der Waals surface area contributed by atoms with Crippen LogP contribution in [-0.2, 0) is 6.54 Å². The second kappa shape index (κ2) is 4.63. The Morgan fingerprint density at radius 2 is 2.24 bits per heavy atom. The molecular formula is C12H15FN4. The Hall–Kier alpha value is -1.75. The molecule has 0 amide bonds. The van der Waals surface area contributed by atoms with Crippen LogP contribution in [0, 0.1) is 5.82 Å². The zero-order valence-electron chi connectivity index (χ0n) is 9.89.